The Kier molecular flexibility index (Phi) is 4.45. The second-order valence-corrected chi connectivity index (χ2v) is 6.48. The van der Waals surface area contributed by atoms with E-state index in [9.17, 15) is 9.59 Å². The smallest absolute Gasteiger partial charge is 0.338 e. The molecule has 0 atom stereocenters. The number of nitrogens with one attached hydrogen (secondary N) is 1. The Morgan fingerprint density at radius 1 is 1.19 bits per heavy atom. The molecule has 8 nitrogen and oxygen atoms in total. The van der Waals surface area contributed by atoms with E-state index in [1.165, 1.54) is 6.07 Å². The van der Waals surface area contributed by atoms with Crippen molar-refractivity contribution in [3.8, 4) is 11.4 Å². The van der Waals surface area contributed by atoms with Crippen LogP contribution in [0.3, 0.4) is 0 Å². The molecule has 1 fully saturated rings. The maximum atomic E-state index is 12.5. The van der Waals surface area contributed by atoms with E-state index in [4.69, 9.17) is 9.52 Å². The summed E-state index contributed by atoms with van der Waals surface area (Å²) in [5.74, 6) is 0.342. The van der Waals surface area contributed by atoms with Crippen molar-refractivity contribution < 1.29 is 19.1 Å². The fourth-order valence-corrected chi connectivity index (χ4v) is 3.25. The van der Waals surface area contributed by atoms with Gasteiger partial charge >= 0.3 is 5.97 Å². The van der Waals surface area contributed by atoms with Crippen molar-refractivity contribution in [2.24, 2.45) is 0 Å². The van der Waals surface area contributed by atoms with Crippen LogP contribution in [0, 0.1) is 0 Å². The molecule has 8 heteroatoms. The summed E-state index contributed by atoms with van der Waals surface area (Å²) >= 11 is 0. The van der Waals surface area contributed by atoms with Crippen molar-refractivity contribution in [3.05, 3.63) is 59.8 Å². The van der Waals surface area contributed by atoms with Crippen LogP contribution in [0.5, 0.6) is 0 Å². The molecule has 138 valence electrons. The average molecular weight is 366 g/mol. The van der Waals surface area contributed by atoms with Crippen molar-refractivity contribution in [1.82, 2.24) is 20.1 Å². The molecule has 3 aromatic rings. The van der Waals surface area contributed by atoms with E-state index in [0.29, 0.717) is 18.9 Å². The highest BCUT2D eigenvalue weighted by Gasteiger charge is 2.28. The Hall–Kier alpha value is -3.42. The third-order valence-corrected chi connectivity index (χ3v) is 4.76. The zero-order chi connectivity index (χ0) is 18.8. The van der Waals surface area contributed by atoms with Crippen LogP contribution in [0.4, 0.5) is 0 Å². The average Bonchev–Trinajstić information content (AvgIpc) is 3.38. The van der Waals surface area contributed by atoms with Crippen LogP contribution in [0.15, 0.2) is 47.1 Å². The fraction of sp³-hybridized carbons (Fsp3) is 0.263. The highest BCUT2D eigenvalue weighted by Crippen LogP contribution is 2.28. The first-order valence-electron chi connectivity index (χ1n) is 8.70. The number of hydrogen-bond donors (Lipinski definition) is 2. The molecule has 3 heterocycles. The summed E-state index contributed by atoms with van der Waals surface area (Å²) in [6.45, 7) is 1.10. The molecule has 27 heavy (non-hydrogen) atoms. The Morgan fingerprint density at radius 3 is 2.59 bits per heavy atom. The molecule has 0 saturated carbocycles. The number of nitrogens with zero attached hydrogens (tertiary/aromatic N) is 3. The number of carboxylic acids is 1. The summed E-state index contributed by atoms with van der Waals surface area (Å²) in [6.07, 6.45) is 2.59. The number of furan rings is 1. The Bertz CT molecular complexity index is 955. The van der Waals surface area contributed by atoms with Gasteiger partial charge in [0.1, 0.15) is 12.1 Å². The molecular formula is C19H18N4O4. The highest BCUT2D eigenvalue weighted by atomic mass is 16.4. The molecule has 1 aromatic carbocycles. The largest absolute Gasteiger partial charge is 0.478 e. The molecule has 1 saturated heterocycles. The van der Waals surface area contributed by atoms with E-state index in [1.807, 2.05) is 30.3 Å². The van der Waals surface area contributed by atoms with Crippen LogP contribution in [0.1, 0.15) is 45.5 Å². The van der Waals surface area contributed by atoms with Gasteiger partial charge in [0.2, 0.25) is 0 Å². The standard InChI is InChI=1S/C19H18N4O4/c24-18(15-10-14(11-27-15)19(25)26)23-8-6-13(7-9-23)17-20-16(21-22-17)12-4-2-1-3-5-12/h1-5,10-11,13H,6-9H2,(H,25,26)(H,20,21,22). The number of piperidine rings is 1. The summed E-state index contributed by atoms with van der Waals surface area (Å²) < 4.78 is 5.10. The maximum Gasteiger partial charge on any atom is 0.338 e. The molecule has 1 aliphatic rings. The van der Waals surface area contributed by atoms with E-state index in [0.717, 1.165) is 30.5 Å². The minimum Gasteiger partial charge on any atom is -0.478 e. The van der Waals surface area contributed by atoms with Gasteiger partial charge < -0.3 is 14.4 Å². The quantitative estimate of drug-likeness (QED) is 0.734. The van der Waals surface area contributed by atoms with Gasteiger partial charge in [0.05, 0.1) is 5.56 Å². The van der Waals surface area contributed by atoms with Gasteiger partial charge in [0.25, 0.3) is 5.91 Å². The lowest BCUT2D eigenvalue weighted by Gasteiger charge is -2.30. The lowest BCUT2D eigenvalue weighted by molar-refractivity contribution is 0.0675. The second kappa shape index (κ2) is 7.06. The summed E-state index contributed by atoms with van der Waals surface area (Å²) in [6, 6.07) is 11.0. The zero-order valence-corrected chi connectivity index (χ0v) is 14.5. The number of carboxylic acid groups (broad SMARTS) is 1. The van der Waals surface area contributed by atoms with Crippen LogP contribution < -0.4 is 0 Å². The van der Waals surface area contributed by atoms with Crippen LogP contribution in [0.2, 0.25) is 0 Å². The lowest BCUT2D eigenvalue weighted by atomic mass is 9.96. The lowest BCUT2D eigenvalue weighted by Crippen LogP contribution is -2.38. The molecule has 4 rings (SSSR count). The van der Waals surface area contributed by atoms with Gasteiger partial charge in [-0.2, -0.15) is 5.10 Å². The maximum absolute atomic E-state index is 12.5. The predicted octanol–water partition coefficient (Wildman–Crippen LogP) is 2.78. The number of benzene rings is 1. The molecular weight excluding hydrogens is 348 g/mol. The molecule has 0 spiro atoms. The van der Waals surface area contributed by atoms with Crippen molar-refractivity contribution in [1.29, 1.82) is 0 Å². The number of aromatic nitrogens is 3. The summed E-state index contributed by atoms with van der Waals surface area (Å²) in [5.41, 5.74) is 0.933. The van der Waals surface area contributed by atoms with Gasteiger partial charge in [-0.3, -0.25) is 9.89 Å². The van der Waals surface area contributed by atoms with E-state index in [1.54, 1.807) is 4.90 Å². The van der Waals surface area contributed by atoms with E-state index < -0.39 is 5.97 Å². The Labute approximate surface area is 154 Å². The number of aromatic carboxylic acids is 1. The number of carbonyl (C=O) groups is 2. The molecule has 2 N–H and O–H groups in total. The number of aromatic amines is 1. The van der Waals surface area contributed by atoms with Gasteiger partial charge in [0, 0.05) is 30.6 Å². The normalized spacial score (nSPS) is 15.0. The number of amides is 1. The number of rotatable bonds is 4. The van der Waals surface area contributed by atoms with Crippen LogP contribution >= 0.6 is 0 Å². The van der Waals surface area contributed by atoms with Crippen LogP contribution in [-0.2, 0) is 0 Å². The number of likely N-dealkylation sites (tertiary alicyclic amines) is 1. The summed E-state index contributed by atoms with van der Waals surface area (Å²) in [7, 11) is 0. The van der Waals surface area contributed by atoms with Crippen molar-refractivity contribution >= 4 is 11.9 Å². The van der Waals surface area contributed by atoms with Crippen LogP contribution in [-0.4, -0.2) is 50.2 Å². The SMILES string of the molecule is O=C(O)c1coc(C(=O)N2CCC(c3nc(-c4ccccc4)n[nH]3)CC2)c1. The third-order valence-electron chi connectivity index (χ3n) is 4.76. The van der Waals surface area contributed by atoms with Gasteiger partial charge in [-0.25, -0.2) is 9.78 Å². The molecule has 1 amide bonds. The zero-order valence-electron chi connectivity index (χ0n) is 14.5. The second-order valence-electron chi connectivity index (χ2n) is 6.48. The monoisotopic (exact) mass is 366 g/mol. The number of carbonyl (C=O) groups excluding carboxylic acids is 1. The van der Waals surface area contributed by atoms with Gasteiger partial charge in [0.15, 0.2) is 11.6 Å². The Balaban J connectivity index is 1.39. The van der Waals surface area contributed by atoms with Crippen molar-refractivity contribution in [2.45, 2.75) is 18.8 Å². The van der Waals surface area contributed by atoms with Gasteiger partial charge in [-0.15, -0.1) is 0 Å². The molecule has 0 bridgehead atoms. The number of H-pyrrole nitrogens is 1. The molecule has 0 radical (unpaired) electrons. The highest BCUT2D eigenvalue weighted by molar-refractivity contribution is 5.95. The van der Waals surface area contributed by atoms with Gasteiger partial charge in [-0.05, 0) is 12.8 Å². The number of hydrogen-bond acceptors (Lipinski definition) is 5. The first-order chi connectivity index (χ1) is 13.1. The predicted molar refractivity (Wildman–Crippen MR) is 95.4 cm³/mol. The van der Waals surface area contributed by atoms with E-state index in [2.05, 4.69) is 15.2 Å². The molecule has 0 aliphatic carbocycles. The third kappa shape index (κ3) is 3.46. The van der Waals surface area contributed by atoms with Crippen LogP contribution in [0.25, 0.3) is 11.4 Å². The minimum atomic E-state index is -1.11. The topological polar surface area (TPSA) is 112 Å². The molecule has 1 aliphatic heterocycles. The van der Waals surface area contributed by atoms with Crippen molar-refractivity contribution in [3.63, 3.8) is 0 Å². The van der Waals surface area contributed by atoms with E-state index >= 15 is 0 Å². The summed E-state index contributed by atoms with van der Waals surface area (Å²) in [4.78, 5) is 29.7. The minimum absolute atomic E-state index is 0.0247. The van der Waals surface area contributed by atoms with Gasteiger partial charge in [-0.1, -0.05) is 30.3 Å². The van der Waals surface area contributed by atoms with Crippen molar-refractivity contribution in [2.75, 3.05) is 13.1 Å². The molecule has 0 unspecified atom stereocenters. The summed E-state index contributed by atoms with van der Waals surface area (Å²) in [5, 5.41) is 16.2. The first-order valence-corrected chi connectivity index (χ1v) is 8.70. The fourth-order valence-electron chi connectivity index (χ4n) is 3.25. The van der Waals surface area contributed by atoms with E-state index in [-0.39, 0.29) is 23.1 Å². The molecule has 2 aromatic heterocycles. The first kappa shape index (κ1) is 17.0. The Morgan fingerprint density at radius 2 is 1.93 bits per heavy atom.